The Labute approximate surface area is 92.5 Å². The average molecular weight is 218 g/mol. The molecular formula is C12H10O4. The third kappa shape index (κ3) is 3.14. The molecule has 0 fully saturated rings. The minimum absolute atomic E-state index is 0.0866. The molecule has 2 N–H and O–H groups in total. The van der Waals surface area contributed by atoms with Crippen molar-refractivity contribution in [3.63, 3.8) is 0 Å². The normalized spacial score (nSPS) is 9.06. The van der Waals surface area contributed by atoms with E-state index in [2.05, 4.69) is 11.8 Å². The molecule has 0 amide bonds. The lowest BCUT2D eigenvalue weighted by Gasteiger charge is -2.00. The van der Waals surface area contributed by atoms with Crippen LogP contribution in [0.2, 0.25) is 0 Å². The van der Waals surface area contributed by atoms with Crippen LogP contribution in [0.4, 0.5) is 0 Å². The second-order valence-corrected chi connectivity index (χ2v) is 3.23. The summed E-state index contributed by atoms with van der Waals surface area (Å²) < 4.78 is 0. The SMILES string of the molecule is Cc1ccc(C(=O)O)c(C#CCC(=O)O)c1. The van der Waals surface area contributed by atoms with Gasteiger partial charge < -0.3 is 10.2 Å². The van der Waals surface area contributed by atoms with Crippen LogP contribution < -0.4 is 0 Å². The molecule has 82 valence electrons. The first-order valence-electron chi connectivity index (χ1n) is 4.55. The molecule has 0 aliphatic heterocycles. The summed E-state index contributed by atoms with van der Waals surface area (Å²) in [6, 6.07) is 4.76. The summed E-state index contributed by atoms with van der Waals surface area (Å²) in [7, 11) is 0. The Morgan fingerprint density at radius 1 is 1.31 bits per heavy atom. The van der Waals surface area contributed by atoms with Gasteiger partial charge in [0.05, 0.1) is 5.56 Å². The van der Waals surface area contributed by atoms with Gasteiger partial charge in [0.25, 0.3) is 0 Å². The highest BCUT2D eigenvalue weighted by atomic mass is 16.4. The Bertz CT molecular complexity index is 491. The maximum absolute atomic E-state index is 10.8. The maximum Gasteiger partial charge on any atom is 0.336 e. The number of hydrogen-bond acceptors (Lipinski definition) is 2. The molecule has 0 unspecified atom stereocenters. The van der Waals surface area contributed by atoms with Crippen molar-refractivity contribution >= 4 is 11.9 Å². The van der Waals surface area contributed by atoms with Crippen molar-refractivity contribution in [3.8, 4) is 11.8 Å². The second-order valence-electron chi connectivity index (χ2n) is 3.23. The van der Waals surface area contributed by atoms with E-state index in [0.717, 1.165) is 5.56 Å². The lowest BCUT2D eigenvalue weighted by atomic mass is 10.0. The van der Waals surface area contributed by atoms with Crippen LogP contribution in [0.15, 0.2) is 18.2 Å². The zero-order valence-electron chi connectivity index (χ0n) is 8.65. The topological polar surface area (TPSA) is 74.6 Å². The van der Waals surface area contributed by atoms with Crippen molar-refractivity contribution in [1.29, 1.82) is 0 Å². The first kappa shape index (κ1) is 11.8. The smallest absolute Gasteiger partial charge is 0.336 e. The van der Waals surface area contributed by atoms with E-state index in [1.165, 1.54) is 6.07 Å². The number of aromatic carboxylic acids is 1. The van der Waals surface area contributed by atoms with Crippen molar-refractivity contribution in [3.05, 3.63) is 34.9 Å². The molecule has 0 atom stereocenters. The molecule has 0 aromatic heterocycles. The number of rotatable bonds is 2. The molecule has 1 aromatic carbocycles. The molecule has 0 saturated carbocycles. The predicted octanol–water partition coefficient (Wildman–Crippen LogP) is 1.52. The first-order valence-corrected chi connectivity index (χ1v) is 4.55. The Kier molecular flexibility index (Phi) is 3.67. The number of benzene rings is 1. The molecule has 0 heterocycles. The molecular weight excluding hydrogens is 208 g/mol. The fraction of sp³-hybridized carbons (Fsp3) is 0.167. The van der Waals surface area contributed by atoms with E-state index in [-0.39, 0.29) is 12.0 Å². The average Bonchev–Trinajstić information content (AvgIpc) is 2.16. The van der Waals surface area contributed by atoms with Crippen molar-refractivity contribution in [2.45, 2.75) is 13.3 Å². The highest BCUT2D eigenvalue weighted by Crippen LogP contribution is 2.10. The first-order chi connectivity index (χ1) is 7.50. The van der Waals surface area contributed by atoms with Crippen LogP contribution in [0.5, 0.6) is 0 Å². The third-order valence-electron chi connectivity index (χ3n) is 1.87. The molecule has 0 spiro atoms. The summed E-state index contributed by atoms with van der Waals surface area (Å²) in [5.74, 6) is 2.87. The van der Waals surface area contributed by atoms with Crippen LogP contribution in [0.3, 0.4) is 0 Å². The molecule has 4 nitrogen and oxygen atoms in total. The zero-order chi connectivity index (χ0) is 12.1. The van der Waals surface area contributed by atoms with Gasteiger partial charge in [0.1, 0.15) is 6.42 Å². The fourth-order valence-corrected chi connectivity index (χ4v) is 1.16. The van der Waals surface area contributed by atoms with Gasteiger partial charge >= 0.3 is 11.9 Å². The summed E-state index contributed by atoms with van der Waals surface area (Å²) >= 11 is 0. The molecule has 0 aliphatic rings. The minimum atomic E-state index is -1.07. The van der Waals surface area contributed by atoms with E-state index in [1.807, 2.05) is 6.92 Å². The monoisotopic (exact) mass is 218 g/mol. The van der Waals surface area contributed by atoms with Gasteiger partial charge in [-0.05, 0) is 24.6 Å². The van der Waals surface area contributed by atoms with E-state index < -0.39 is 11.9 Å². The number of hydrogen-bond donors (Lipinski definition) is 2. The van der Waals surface area contributed by atoms with E-state index >= 15 is 0 Å². The molecule has 0 radical (unpaired) electrons. The summed E-state index contributed by atoms with van der Waals surface area (Å²) in [5.41, 5.74) is 1.31. The lowest BCUT2D eigenvalue weighted by Crippen LogP contribution is -2.00. The van der Waals surface area contributed by atoms with E-state index in [9.17, 15) is 9.59 Å². The van der Waals surface area contributed by atoms with Crippen molar-refractivity contribution < 1.29 is 19.8 Å². The van der Waals surface area contributed by atoms with Gasteiger partial charge in [0.15, 0.2) is 0 Å². The van der Waals surface area contributed by atoms with Gasteiger partial charge in [0.2, 0.25) is 0 Å². The van der Waals surface area contributed by atoms with Gasteiger partial charge in [-0.15, -0.1) is 0 Å². The largest absolute Gasteiger partial charge is 0.481 e. The Balaban J connectivity index is 3.08. The highest BCUT2D eigenvalue weighted by Gasteiger charge is 2.07. The fourth-order valence-electron chi connectivity index (χ4n) is 1.16. The van der Waals surface area contributed by atoms with E-state index in [4.69, 9.17) is 10.2 Å². The zero-order valence-corrected chi connectivity index (χ0v) is 8.65. The van der Waals surface area contributed by atoms with Gasteiger partial charge in [-0.2, -0.15) is 0 Å². The van der Waals surface area contributed by atoms with E-state index in [1.54, 1.807) is 12.1 Å². The number of aliphatic carboxylic acids is 1. The Morgan fingerprint density at radius 3 is 2.56 bits per heavy atom. The summed E-state index contributed by atoms with van der Waals surface area (Å²) in [6.07, 6.45) is -0.299. The van der Waals surface area contributed by atoms with Gasteiger partial charge in [-0.25, -0.2) is 4.79 Å². The summed E-state index contributed by atoms with van der Waals surface area (Å²) in [6.45, 7) is 1.81. The number of aryl methyl sites for hydroxylation is 1. The van der Waals surface area contributed by atoms with Gasteiger partial charge in [0, 0.05) is 5.56 Å². The number of carbonyl (C=O) groups is 2. The van der Waals surface area contributed by atoms with E-state index in [0.29, 0.717) is 5.56 Å². The maximum atomic E-state index is 10.8. The van der Waals surface area contributed by atoms with Crippen LogP contribution in [-0.2, 0) is 4.79 Å². The van der Waals surface area contributed by atoms with Crippen molar-refractivity contribution in [2.75, 3.05) is 0 Å². The molecule has 0 aliphatic carbocycles. The minimum Gasteiger partial charge on any atom is -0.481 e. The lowest BCUT2D eigenvalue weighted by molar-refractivity contribution is -0.135. The highest BCUT2D eigenvalue weighted by molar-refractivity contribution is 5.90. The van der Waals surface area contributed by atoms with Crippen LogP contribution in [0, 0.1) is 18.8 Å². The van der Waals surface area contributed by atoms with Gasteiger partial charge in [-0.1, -0.05) is 17.9 Å². The number of carboxylic acids is 2. The Hall–Kier alpha value is -2.28. The molecule has 1 aromatic rings. The number of carboxylic acid groups (broad SMARTS) is 2. The third-order valence-corrected chi connectivity index (χ3v) is 1.87. The van der Waals surface area contributed by atoms with Crippen molar-refractivity contribution in [2.24, 2.45) is 0 Å². The standard InChI is InChI=1S/C12H10O4/c1-8-5-6-10(12(15)16)9(7-8)3-2-4-11(13)14/h5-7H,4H2,1H3,(H,13,14)(H,15,16). The molecule has 0 saturated heterocycles. The van der Waals surface area contributed by atoms with Crippen LogP contribution in [0.1, 0.15) is 27.9 Å². The van der Waals surface area contributed by atoms with Crippen LogP contribution in [-0.4, -0.2) is 22.2 Å². The quantitative estimate of drug-likeness (QED) is 0.738. The second kappa shape index (κ2) is 4.99. The molecule has 0 bridgehead atoms. The van der Waals surface area contributed by atoms with Crippen LogP contribution >= 0.6 is 0 Å². The summed E-state index contributed by atoms with van der Waals surface area (Å²) in [5, 5.41) is 17.3. The summed E-state index contributed by atoms with van der Waals surface area (Å²) in [4.78, 5) is 21.1. The van der Waals surface area contributed by atoms with Crippen molar-refractivity contribution in [1.82, 2.24) is 0 Å². The molecule has 16 heavy (non-hydrogen) atoms. The molecule has 4 heteroatoms. The van der Waals surface area contributed by atoms with Crippen LogP contribution in [0.25, 0.3) is 0 Å². The molecule has 1 rings (SSSR count). The Morgan fingerprint density at radius 2 is 2.00 bits per heavy atom. The van der Waals surface area contributed by atoms with Gasteiger partial charge in [-0.3, -0.25) is 4.79 Å². The predicted molar refractivity (Wildman–Crippen MR) is 57.3 cm³/mol.